The first-order valence-electron chi connectivity index (χ1n) is 7.00. The molecule has 0 saturated heterocycles. The van der Waals surface area contributed by atoms with E-state index in [2.05, 4.69) is 46.9 Å². The van der Waals surface area contributed by atoms with Crippen molar-refractivity contribution < 1.29 is 5.11 Å². The third-order valence-corrected chi connectivity index (χ3v) is 4.30. The number of aromatic amines is 1. The zero-order valence-electron chi connectivity index (χ0n) is 12.1. The number of hydrogen-bond donors (Lipinski definition) is 3. The quantitative estimate of drug-likeness (QED) is 0.701. The van der Waals surface area contributed by atoms with Crippen molar-refractivity contribution in [3.63, 3.8) is 0 Å². The second-order valence-electron chi connectivity index (χ2n) is 5.84. The lowest BCUT2D eigenvalue weighted by atomic mass is 9.88. The van der Waals surface area contributed by atoms with Gasteiger partial charge in [0.1, 0.15) is 0 Å². The highest BCUT2D eigenvalue weighted by atomic mass is 32.1. The average molecular weight is 293 g/mol. The molecule has 0 aliphatic carbocycles. The van der Waals surface area contributed by atoms with Gasteiger partial charge in [0, 0.05) is 25.3 Å². The molecule has 0 radical (unpaired) electrons. The Balaban J connectivity index is 1.88. The molecule has 2 heterocycles. The number of nitrogens with one attached hydrogen (secondary N) is 2. The Labute approximate surface area is 124 Å². The topological polar surface area (TPSA) is 60.9 Å². The molecule has 0 aliphatic rings. The van der Waals surface area contributed by atoms with E-state index in [0.29, 0.717) is 0 Å². The largest absolute Gasteiger partial charge is 0.396 e. The van der Waals surface area contributed by atoms with Crippen LogP contribution in [0.2, 0.25) is 0 Å². The summed E-state index contributed by atoms with van der Waals surface area (Å²) in [4.78, 5) is 1.22. The number of aliphatic hydroxyl groups excluding tert-OH is 1. The second kappa shape index (κ2) is 7.02. The molecule has 0 spiro atoms. The number of thiophene rings is 1. The van der Waals surface area contributed by atoms with Crippen LogP contribution in [-0.4, -0.2) is 28.5 Å². The van der Waals surface area contributed by atoms with Gasteiger partial charge in [-0.3, -0.25) is 5.10 Å². The smallest absolute Gasteiger partial charge is 0.0794 e. The molecule has 3 N–H and O–H groups in total. The molecule has 0 aliphatic heterocycles. The average Bonchev–Trinajstić information content (AvgIpc) is 3.06. The van der Waals surface area contributed by atoms with Gasteiger partial charge in [0.15, 0.2) is 0 Å². The first-order chi connectivity index (χ1) is 9.62. The van der Waals surface area contributed by atoms with Crippen molar-refractivity contribution in [2.24, 2.45) is 5.41 Å². The Morgan fingerprint density at radius 1 is 1.45 bits per heavy atom. The predicted octanol–water partition coefficient (Wildman–Crippen LogP) is 3.03. The van der Waals surface area contributed by atoms with Crippen LogP contribution in [0.15, 0.2) is 23.7 Å². The van der Waals surface area contributed by atoms with E-state index in [0.717, 1.165) is 31.6 Å². The summed E-state index contributed by atoms with van der Waals surface area (Å²) in [6.07, 6.45) is 3.78. The Morgan fingerprint density at radius 3 is 3.00 bits per heavy atom. The van der Waals surface area contributed by atoms with E-state index in [1.54, 1.807) is 11.3 Å². The van der Waals surface area contributed by atoms with Gasteiger partial charge in [-0.2, -0.15) is 5.10 Å². The minimum Gasteiger partial charge on any atom is -0.396 e. The Hall–Kier alpha value is -1.17. The maximum atomic E-state index is 8.92. The van der Waals surface area contributed by atoms with Crippen molar-refractivity contribution in [2.45, 2.75) is 33.2 Å². The molecule has 2 rings (SSSR count). The van der Waals surface area contributed by atoms with Crippen LogP contribution in [0.25, 0.3) is 10.6 Å². The van der Waals surface area contributed by atoms with Crippen molar-refractivity contribution in [3.8, 4) is 10.6 Å². The molecule has 0 fully saturated rings. The SMILES string of the molecule is CC(C)(CCCO)CNCc1cn[nH]c1-c1cccs1. The zero-order valence-corrected chi connectivity index (χ0v) is 13.0. The third-order valence-electron chi connectivity index (χ3n) is 3.42. The molecule has 110 valence electrons. The molecule has 0 atom stereocenters. The summed E-state index contributed by atoms with van der Waals surface area (Å²) in [5, 5.41) is 21.7. The molecule has 4 nitrogen and oxygen atoms in total. The molecule has 2 aromatic heterocycles. The normalized spacial score (nSPS) is 11.9. The number of hydrogen-bond acceptors (Lipinski definition) is 4. The molecule has 20 heavy (non-hydrogen) atoms. The minimum atomic E-state index is 0.204. The van der Waals surface area contributed by atoms with Crippen molar-refractivity contribution in [3.05, 3.63) is 29.3 Å². The van der Waals surface area contributed by atoms with Crippen molar-refractivity contribution in [2.75, 3.05) is 13.2 Å². The minimum absolute atomic E-state index is 0.204. The highest BCUT2D eigenvalue weighted by Crippen LogP contribution is 2.26. The molecule has 0 amide bonds. The van der Waals surface area contributed by atoms with Crippen molar-refractivity contribution in [1.82, 2.24) is 15.5 Å². The Morgan fingerprint density at radius 2 is 2.30 bits per heavy atom. The Kier molecular flexibility index (Phi) is 5.34. The van der Waals surface area contributed by atoms with E-state index in [1.807, 2.05) is 6.20 Å². The van der Waals surface area contributed by atoms with Gasteiger partial charge < -0.3 is 10.4 Å². The third kappa shape index (κ3) is 4.16. The highest BCUT2D eigenvalue weighted by Gasteiger charge is 2.17. The van der Waals surface area contributed by atoms with E-state index in [9.17, 15) is 0 Å². The molecule has 0 aromatic carbocycles. The lowest BCUT2D eigenvalue weighted by Gasteiger charge is -2.24. The lowest BCUT2D eigenvalue weighted by molar-refractivity contribution is 0.236. The summed E-state index contributed by atoms with van der Waals surface area (Å²) in [5.74, 6) is 0. The molecule has 0 unspecified atom stereocenters. The van der Waals surface area contributed by atoms with E-state index in [4.69, 9.17) is 5.11 Å². The van der Waals surface area contributed by atoms with E-state index in [1.165, 1.54) is 10.4 Å². The summed E-state index contributed by atoms with van der Waals surface area (Å²) in [6.45, 7) is 6.47. The Bertz CT molecular complexity index is 505. The van der Waals surface area contributed by atoms with Gasteiger partial charge >= 0.3 is 0 Å². The fraction of sp³-hybridized carbons (Fsp3) is 0.533. The van der Waals surface area contributed by atoms with Gasteiger partial charge in [0.05, 0.1) is 16.8 Å². The van der Waals surface area contributed by atoms with Crippen LogP contribution in [0.5, 0.6) is 0 Å². The summed E-state index contributed by atoms with van der Waals surface area (Å²) in [7, 11) is 0. The van der Waals surface area contributed by atoms with E-state index < -0.39 is 0 Å². The van der Waals surface area contributed by atoms with Gasteiger partial charge in [-0.05, 0) is 29.7 Å². The van der Waals surface area contributed by atoms with Crippen LogP contribution >= 0.6 is 11.3 Å². The highest BCUT2D eigenvalue weighted by molar-refractivity contribution is 7.13. The van der Waals surface area contributed by atoms with Gasteiger partial charge in [-0.15, -0.1) is 11.3 Å². The first kappa shape index (κ1) is 15.2. The summed E-state index contributed by atoms with van der Waals surface area (Å²) < 4.78 is 0. The predicted molar refractivity (Wildman–Crippen MR) is 83.7 cm³/mol. The number of H-pyrrole nitrogens is 1. The van der Waals surface area contributed by atoms with E-state index >= 15 is 0 Å². The lowest BCUT2D eigenvalue weighted by Crippen LogP contribution is -2.29. The molecular weight excluding hydrogens is 270 g/mol. The second-order valence-corrected chi connectivity index (χ2v) is 6.79. The molecule has 0 bridgehead atoms. The zero-order chi connectivity index (χ0) is 14.4. The molecule has 0 saturated carbocycles. The molecule has 2 aromatic rings. The standard InChI is InChI=1S/C15H23N3OS/c1-15(2,6-4-7-19)11-16-9-12-10-17-18-14(12)13-5-3-8-20-13/h3,5,8,10,16,19H,4,6-7,9,11H2,1-2H3,(H,17,18). The van der Waals surface area contributed by atoms with Gasteiger partial charge in [-0.1, -0.05) is 19.9 Å². The number of aliphatic hydroxyl groups is 1. The summed E-state index contributed by atoms with van der Waals surface area (Å²) in [5.41, 5.74) is 2.52. The van der Waals surface area contributed by atoms with Crippen molar-refractivity contribution >= 4 is 11.3 Å². The van der Waals surface area contributed by atoms with Crippen LogP contribution in [-0.2, 0) is 6.54 Å². The molecule has 5 heteroatoms. The number of rotatable bonds is 8. The number of aromatic nitrogens is 2. The molecular formula is C15H23N3OS. The van der Waals surface area contributed by atoms with Crippen LogP contribution in [0.4, 0.5) is 0 Å². The summed E-state index contributed by atoms with van der Waals surface area (Å²) >= 11 is 1.72. The fourth-order valence-electron chi connectivity index (χ4n) is 2.26. The first-order valence-corrected chi connectivity index (χ1v) is 7.88. The monoisotopic (exact) mass is 293 g/mol. The van der Waals surface area contributed by atoms with Crippen LogP contribution < -0.4 is 5.32 Å². The summed E-state index contributed by atoms with van der Waals surface area (Å²) in [6, 6.07) is 4.16. The van der Waals surface area contributed by atoms with Gasteiger partial charge in [0.25, 0.3) is 0 Å². The fourth-order valence-corrected chi connectivity index (χ4v) is 3.02. The van der Waals surface area contributed by atoms with Crippen molar-refractivity contribution in [1.29, 1.82) is 0 Å². The van der Waals surface area contributed by atoms with E-state index in [-0.39, 0.29) is 12.0 Å². The maximum absolute atomic E-state index is 8.92. The van der Waals surface area contributed by atoms with Crippen LogP contribution in [0.1, 0.15) is 32.3 Å². The van der Waals surface area contributed by atoms with Crippen LogP contribution in [0.3, 0.4) is 0 Å². The van der Waals surface area contributed by atoms with Crippen LogP contribution in [0, 0.1) is 5.41 Å². The number of nitrogens with zero attached hydrogens (tertiary/aromatic N) is 1. The van der Waals surface area contributed by atoms with Gasteiger partial charge in [-0.25, -0.2) is 0 Å². The maximum Gasteiger partial charge on any atom is 0.0794 e. The van der Waals surface area contributed by atoms with Gasteiger partial charge in [0.2, 0.25) is 0 Å².